The SMILES string of the molecule is O=C(COc1ccccc1Cl)NNS(=O)(=O)/C=C/c1ccccc1. The van der Waals surface area contributed by atoms with E-state index in [0.717, 1.165) is 11.0 Å². The van der Waals surface area contributed by atoms with E-state index >= 15 is 0 Å². The maximum absolute atomic E-state index is 11.8. The molecule has 0 aliphatic carbocycles. The van der Waals surface area contributed by atoms with Crippen LogP contribution >= 0.6 is 11.6 Å². The highest BCUT2D eigenvalue weighted by Gasteiger charge is 2.09. The topological polar surface area (TPSA) is 84.5 Å². The molecule has 2 rings (SSSR count). The highest BCUT2D eigenvalue weighted by Crippen LogP contribution is 2.22. The van der Waals surface area contributed by atoms with Gasteiger partial charge >= 0.3 is 0 Å². The van der Waals surface area contributed by atoms with Gasteiger partial charge in [-0.2, -0.15) is 0 Å². The number of rotatable bonds is 7. The molecular formula is C16H15ClN2O4S. The summed E-state index contributed by atoms with van der Waals surface area (Å²) in [6.45, 7) is -0.380. The van der Waals surface area contributed by atoms with Crippen LogP contribution in [0, 0.1) is 0 Å². The Labute approximate surface area is 145 Å². The largest absolute Gasteiger partial charge is 0.482 e. The van der Waals surface area contributed by atoms with Crippen molar-refractivity contribution in [3.8, 4) is 5.75 Å². The fraction of sp³-hybridized carbons (Fsp3) is 0.0625. The van der Waals surface area contributed by atoms with E-state index in [2.05, 4.69) is 5.43 Å². The van der Waals surface area contributed by atoms with Crippen LogP contribution in [0.25, 0.3) is 6.08 Å². The van der Waals surface area contributed by atoms with Gasteiger partial charge in [-0.3, -0.25) is 10.2 Å². The van der Waals surface area contributed by atoms with Crippen molar-refractivity contribution in [1.82, 2.24) is 10.3 Å². The van der Waals surface area contributed by atoms with E-state index in [1.165, 1.54) is 6.08 Å². The van der Waals surface area contributed by atoms with Gasteiger partial charge in [-0.05, 0) is 23.8 Å². The van der Waals surface area contributed by atoms with Crippen molar-refractivity contribution in [2.75, 3.05) is 6.61 Å². The molecule has 8 heteroatoms. The van der Waals surface area contributed by atoms with Crippen molar-refractivity contribution in [2.45, 2.75) is 0 Å². The van der Waals surface area contributed by atoms with Gasteiger partial charge in [-0.15, -0.1) is 4.83 Å². The molecule has 0 fully saturated rings. The maximum atomic E-state index is 11.8. The summed E-state index contributed by atoms with van der Waals surface area (Å²) in [5, 5.41) is 1.31. The molecular weight excluding hydrogens is 352 g/mol. The molecule has 2 N–H and O–H groups in total. The Morgan fingerprint density at radius 3 is 2.46 bits per heavy atom. The van der Waals surface area contributed by atoms with Gasteiger partial charge in [-0.25, -0.2) is 8.42 Å². The maximum Gasteiger partial charge on any atom is 0.272 e. The first-order chi connectivity index (χ1) is 11.5. The lowest BCUT2D eigenvalue weighted by molar-refractivity contribution is -0.123. The standard InChI is InChI=1S/C16H15ClN2O4S/c17-14-8-4-5-9-15(14)23-12-16(20)18-19-24(21,22)11-10-13-6-2-1-3-7-13/h1-11,19H,12H2,(H,18,20)/b11-10+. The molecule has 0 unspecified atom stereocenters. The van der Waals surface area contributed by atoms with Gasteiger partial charge in [-0.1, -0.05) is 54.1 Å². The molecule has 6 nitrogen and oxygen atoms in total. The molecule has 2 aromatic rings. The molecule has 0 atom stereocenters. The zero-order valence-electron chi connectivity index (χ0n) is 12.5. The van der Waals surface area contributed by atoms with Crippen LogP contribution in [0.4, 0.5) is 0 Å². The predicted octanol–water partition coefficient (Wildman–Crippen LogP) is 2.34. The van der Waals surface area contributed by atoms with E-state index in [1.807, 2.05) is 10.9 Å². The van der Waals surface area contributed by atoms with Gasteiger partial charge in [0.15, 0.2) is 6.61 Å². The Bertz CT molecular complexity index is 823. The number of hydrogen-bond acceptors (Lipinski definition) is 4. The van der Waals surface area contributed by atoms with Crippen LogP contribution in [0.5, 0.6) is 5.75 Å². The second-order valence-corrected chi connectivity index (χ2v) is 6.60. The van der Waals surface area contributed by atoms with Crippen molar-refractivity contribution >= 4 is 33.6 Å². The number of nitrogens with one attached hydrogen (secondary N) is 2. The third kappa shape index (κ3) is 6.04. The molecule has 0 spiro atoms. The number of sulfonamides is 1. The van der Waals surface area contributed by atoms with Crippen LogP contribution in [0.3, 0.4) is 0 Å². The van der Waals surface area contributed by atoms with Crippen molar-refractivity contribution in [3.63, 3.8) is 0 Å². The molecule has 0 bridgehead atoms. The van der Waals surface area contributed by atoms with Crippen LogP contribution in [0.2, 0.25) is 5.02 Å². The minimum absolute atomic E-state index is 0.334. The predicted molar refractivity (Wildman–Crippen MR) is 92.6 cm³/mol. The molecule has 0 aliphatic heterocycles. The van der Waals surface area contributed by atoms with Gasteiger partial charge in [0.2, 0.25) is 0 Å². The number of ether oxygens (including phenoxy) is 1. The Hall–Kier alpha value is -2.35. The molecule has 0 saturated carbocycles. The van der Waals surface area contributed by atoms with E-state index in [4.69, 9.17) is 16.3 Å². The lowest BCUT2D eigenvalue weighted by Crippen LogP contribution is -2.42. The van der Waals surface area contributed by atoms with Crippen molar-refractivity contribution < 1.29 is 17.9 Å². The number of para-hydroxylation sites is 1. The van der Waals surface area contributed by atoms with Crippen molar-refractivity contribution in [3.05, 3.63) is 70.6 Å². The number of hydrogen-bond donors (Lipinski definition) is 2. The fourth-order valence-electron chi connectivity index (χ4n) is 1.64. The molecule has 1 amide bonds. The Balaban J connectivity index is 1.82. The molecule has 126 valence electrons. The molecule has 0 saturated heterocycles. The Morgan fingerprint density at radius 2 is 1.75 bits per heavy atom. The zero-order valence-corrected chi connectivity index (χ0v) is 14.0. The van der Waals surface area contributed by atoms with Crippen LogP contribution < -0.4 is 15.0 Å². The number of carbonyl (C=O) groups is 1. The van der Waals surface area contributed by atoms with Gasteiger partial charge in [0, 0.05) is 5.41 Å². The van der Waals surface area contributed by atoms with Crippen LogP contribution in [0.15, 0.2) is 60.0 Å². The van der Waals surface area contributed by atoms with Crippen molar-refractivity contribution in [1.29, 1.82) is 0 Å². The number of hydrazine groups is 1. The second-order valence-electron chi connectivity index (χ2n) is 4.63. The normalized spacial score (nSPS) is 11.4. The van der Waals surface area contributed by atoms with E-state index in [0.29, 0.717) is 10.8 Å². The summed E-state index contributed by atoms with van der Waals surface area (Å²) in [6.07, 6.45) is 1.41. The number of halogens is 1. The molecule has 0 heterocycles. The first-order valence-electron chi connectivity index (χ1n) is 6.87. The lowest BCUT2D eigenvalue weighted by atomic mass is 10.2. The van der Waals surface area contributed by atoms with Crippen molar-refractivity contribution in [2.24, 2.45) is 0 Å². The molecule has 24 heavy (non-hydrogen) atoms. The minimum atomic E-state index is -3.81. The van der Waals surface area contributed by atoms with E-state index in [-0.39, 0.29) is 6.61 Å². The zero-order chi connectivity index (χ0) is 17.4. The van der Waals surface area contributed by atoms with Gasteiger partial charge in [0.05, 0.1) is 5.02 Å². The van der Waals surface area contributed by atoms with Crippen LogP contribution in [0.1, 0.15) is 5.56 Å². The highest BCUT2D eigenvalue weighted by molar-refractivity contribution is 7.92. The summed E-state index contributed by atoms with van der Waals surface area (Å²) >= 11 is 5.88. The van der Waals surface area contributed by atoms with Gasteiger partial charge in [0.1, 0.15) is 5.75 Å². The number of benzene rings is 2. The summed E-state index contributed by atoms with van der Waals surface area (Å²) in [7, 11) is -3.81. The average molecular weight is 367 g/mol. The quantitative estimate of drug-likeness (QED) is 0.736. The first-order valence-corrected chi connectivity index (χ1v) is 8.80. The summed E-state index contributed by atoms with van der Waals surface area (Å²) < 4.78 is 28.7. The Morgan fingerprint density at radius 1 is 1.08 bits per heavy atom. The molecule has 2 aromatic carbocycles. The Kier molecular flexibility index (Phi) is 6.36. The molecule has 0 aliphatic rings. The summed E-state index contributed by atoms with van der Waals surface area (Å²) in [6, 6.07) is 15.5. The third-order valence-electron chi connectivity index (χ3n) is 2.77. The summed E-state index contributed by atoms with van der Waals surface area (Å²) in [5.74, 6) is -0.326. The number of carbonyl (C=O) groups excluding carboxylic acids is 1. The summed E-state index contributed by atoms with van der Waals surface area (Å²) in [4.78, 5) is 13.6. The lowest BCUT2D eigenvalue weighted by Gasteiger charge is -2.08. The van der Waals surface area contributed by atoms with E-state index < -0.39 is 15.9 Å². The summed E-state index contributed by atoms with van der Waals surface area (Å²) in [5.41, 5.74) is 2.77. The smallest absolute Gasteiger partial charge is 0.272 e. The molecule has 0 aromatic heterocycles. The van der Waals surface area contributed by atoms with E-state index in [9.17, 15) is 13.2 Å². The first kappa shape index (κ1) is 18.0. The van der Waals surface area contributed by atoms with Crippen LogP contribution in [-0.4, -0.2) is 20.9 Å². The minimum Gasteiger partial charge on any atom is -0.482 e. The average Bonchev–Trinajstić information content (AvgIpc) is 2.59. The highest BCUT2D eigenvalue weighted by atomic mass is 35.5. The third-order valence-corrected chi connectivity index (χ3v) is 3.96. The number of amides is 1. The van der Waals surface area contributed by atoms with Crippen LogP contribution in [-0.2, 0) is 14.8 Å². The van der Waals surface area contributed by atoms with E-state index in [1.54, 1.807) is 48.5 Å². The van der Waals surface area contributed by atoms with Gasteiger partial charge in [0.25, 0.3) is 15.9 Å². The second kappa shape index (κ2) is 8.49. The molecule has 0 radical (unpaired) electrons. The monoisotopic (exact) mass is 366 g/mol. The van der Waals surface area contributed by atoms with Gasteiger partial charge < -0.3 is 4.74 Å². The fourth-order valence-corrected chi connectivity index (χ4v) is 2.49.